The molecule has 0 aliphatic rings. The molecule has 0 aromatic carbocycles. The maximum atomic E-state index is 10.5. The Labute approximate surface area is 132 Å². The van der Waals surface area contributed by atoms with Crippen LogP contribution in [0.15, 0.2) is 12.4 Å². The molecular weight excluding hydrogens is 313 g/mol. The molecule has 3 nitrogen and oxygen atoms in total. The van der Waals surface area contributed by atoms with E-state index in [0.717, 1.165) is 0 Å². The molecule has 0 spiro atoms. The lowest BCUT2D eigenvalue weighted by atomic mass is 10.1. The molecular formula is C14H23Cl2NO2Si. The first-order valence-electron chi connectivity index (χ1n) is 6.62. The quantitative estimate of drug-likeness (QED) is 0.801. The van der Waals surface area contributed by atoms with E-state index in [4.69, 9.17) is 27.6 Å². The Hall–Kier alpha value is -0.133. The second kappa shape index (κ2) is 6.32. The van der Waals surface area contributed by atoms with Crippen molar-refractivity contribution in [2.75, 3.05) is 0 Å². The van der Waals surface area contributed by atoms with Gasteiger partial charge in [-0.05, 0) is 25.1 Å². The van der Waals surface area contributed by atoms with Gasteiger partial charge in [-0.15, -0.1) is 0 Å². The summed E-state index contributed by atoms with van der Waals surface area (Å²) in [6.07, 6.45) is 1.70. The van der Waals surface area contributed by atoms with E-state index in [1.165, 1.54) is 12.4 Å². The van der Waals surface area contributed by atoms with E-state index in [2.05, 4.69) is 38.8 Å². The number of halogens is 2. The summed E-state index contributed by atoms with van der Waals surface area (Å²) in [6.45, 7) is 12.6. The fraction of sp³-hybridized carbons (Fsp3) is 0.643. The molecule has 1 rings (SSSR count). The lowest BCUT2D eigenvalue weighted by Gasteiger charge is -2.39. The van der Waals surface area contributed by atoms with Crippen LogP contribution in [0.4, 0.5) is 0 Å². The summed E-state index contributed by atoms with van der Waals surface area (Å²) >= 11 is 12.2. The van der Waals surface area contributed by atoms with E-state index in [1.807, 2.05) is 6.92 Å². The maximum absolute atomic E-state index is 10.5. The molecule has 0 radical (unpaired) electrons. The molecule has 114 valence electrons. The van der Waals surface area contributed by atoms with Crippen molar-refractivity contribution in [1.29, 1.82) is 0 Å². The molecule has 0 saturated heterocycles. The zero-order chi connectivity index (χ0) is 15.7. The molecule has 1 aromatic heterocycles. The summed E-state index contributed by atoms with van der Waals surface area (Å²) in [5.41, 5.74) is 0.481. The fourth-order valence-corrected chi connectivity index (χ4v) is 3.64. The van der Waals surface area contributed by atoms with Gasteiger partial charge in [0.05, 0.1) is 16.1 Å². The second-order valence-corrected chi connectivity index (χ2v) is 12.1. The van der Waals surface area contributed by atoms with Crippen molar-refractivity contribution >= 4 is 31.5 Å². The van der Waals surface area contributed by atoms with Crippen LogP contribution in [-0.2, 0) is 4.43 Å². The topological polar surface area (TPSA) is 42.4 Å². The van der Waals surface area contributed by atoms with Gasteiger partial charge in [-0.3, -0.25) is 4.98 Å². The van der Waals surface area contributed by atoms with Crippen LogP contribution in [0.5, 0.6) is 0 Å². The Bertz CT molecular complexity index is 454. The number of aliphatic hydroxyl groups is 1. The molecule has 0 aliphatic carbocycles. The highest BCUT2D eigenvalue weighted by Gasteiger charge is 2.40. The van der Waals surface area contributed by atoms with Gasteiger partial charge in [0.25, 0.3) is 0 Å². The van der Waals surface area contributed by atoms with Gasteiger partial charge in [0.15, 0.2) is 8.32 Å². The molecule has 1 aromatic rings. The fourth-order valence-electron chi connectivity index (χ4n) is 1.64. The first-order valence-corrected chi connectivity index (χ1v) is 10.3. The number of pyridine rings is 1. The van der Waals surface area contributed by atoms with Crippen LogP contribution in [0.3, 0.4) is 0 Å². The third kappa shape index (κ3) is 3.95. The van der Waals surface area contributed by atoms with E-state index in [-0.39, 0.29) is 11.1 Å². The third-order valence-electron chi connectivity index (χ3n) is 3.92. The SMILES string of the molecule is C[C@@H](O[Si](C)(C)C(C)(C)C)[C@H](O)c1c(Cl)cncc1Cl. The van der Waals surface area contributed by atoms with Gasteiger partial charge < -0.3 is 9.53 Å². The Morgan fingerprint density at radius 3 is 2.05 bits per heavy atom. The minimum absolute atomic E-state index is 0.0762. The number of aliphatic hydroxyl groups excluding tert-OH is 1. The Balaban J connectivity index is 2.96. The largest absolute Gasteiger partial charge is 0.411 e. The molecule has 0 aliphatic heterocycles. The van der Waals surface area contributed by atoms with E-state index in [0.29, 0.717) is 15.6 Å². The zero-order valence-electron chi connectivity index (χ0n) is 12.9. The van der Waals surface area contributed by atoms with Crippen molar-refractivity contribution in [3.8, 4) is 0 Å². The van der Waals surface area contributed by atoms with Crippen LogP contribution < -0.4 is 0 Å². The van der Waals surface area contributed by atoms with Gasteiger partial charge in [-0.2, -0.15) is 0 Å². The Morgan fingerprint density at radius 2 is 1.65 bits per heavy atom. The highest BCUT2D eigenvalue weighted by molar-refractivity contribution is 6.74. The summed E-state index contributed by atoms with van der Waals surface area (Å²) in [5.74, 6) is 0. The predicted octanol–water partition coefficient (Wildman–Crippen LogP) is 4.83. The van der Waals surface area contributed by atoms with Gasteiger partial charge in [0, 0.05) is 18.0 Å². The molecule has 6 heteroatoms. The molecule has 0 unspecified atom stereocenters. The third-order valence-corrected chi connectivity index (χ3v) is 9.09. The van der Waals surface area contributed by atoms with Gasteiger partial charge >= 0.3 is 0 Å². The molecule has 0 bridgehead atoms. The zero-order valence-corrected chi connectivity index (χ0v) is 15.4. The van der Waals surface area contributed by atoms with Gasteiger partial charge in [-0.1, -0.05) is 44.0 Å². The van der Waals surface area contributed by atoms with Crippen molar-refractivity contribution in [3.63, 3.8) is 0 Å². The molecule has 0 amide bonds. The van der Waals surface area contributed by atoms with Crippen molar-refractivity contribution in [1.82, 2.24) is 4.98 Å². The van der Waals surface area contributed by atoms with Crippen LogP contribution in [0.25, 0.3) is 0 Å². The summed E-state index contributed by atoms with van der Waals surface area (Å²) in [6, 6.07) is 0. The molecule has 20 heavy (non-hydrogen) atoms. The van der Waals surface area contributed by atoms with Gasteiger partial charge in [0.2, 0.25) is 0 Å². The van der Waals surface area contributed by atoms with Crippen molar-refractivity contribution in [2.45, 2.75) is 58.0 Å². The first-order chi connectivity index (χ1) is 8.97. The number of hydrogen-bond acceptors (Lipinski definition) is 3. The van der Waals surface area contributed by atoms with Crippen LogP contribution in [0, 0.1) is 0 Å². The number of rotatable bonds is 4. The lowest BCUT2D eigenvalue weighted by molar-refractivity contribution is 0.0380. The van der Waals surface area contributed by atoms with Crippen LogP contribution >= 0.6 is 23.2 Å². The Morgan fingerprint density at radius 1 is 1.20 bits per heavy atom. The average molecular weight is 336 g/mol. The van der Waals surface area contributed by atoms with Crippen LogP contribution in [0.1, 0.15) is 39.4 Å². The smallest absolute Gasteiger partial charge is 0.192 e. The summed E-state index contributed by atoms with van der Waals surface area (Å²) in [7, 11) is -1.96. The number of aromatic nitrogens is 1. The highest BCUT2D eigenvalue weighted by atomic mass is 35.5. The van der Waals surface area contributed by atoms with Crippen molar-refractivity contribution in [3.05, 3.63) is 28.0 Å². The van der Waals surface area contributed by atoms with E-state index >= 15 is 0 Å². The first kappa shape index (κ1) is 17.9. The van der Waals surface area contributed by atoms with Crippen LogP contribution in [-0.4, -0.2) is 24.5 Å². The predicted molar refractivity (Wildman–Crippen MR) is 87.0 cm³/mol. The summed E-state index contributed by atoms with van der Waals surface area (Å²) in [4.78, 5) is 3.89. The molecule has 0 saturated carbocycles. The monoisotopic (exact) mass is 335 g/mol. The molecule has 1 N–H and O–H groups in total. The van der Waals surface area contributed by atoms with Gasteiger partial charge in [0.1, 0.15) is 6.10 Å². The van der Waals surface area contributed by atoms with E-state index < -0.39 is 14.4 Å². The number of hydrogen-bond donors (Lipinski definition) is 1. The lowest BCUT2D eigenvalue weighted by Crippen LogP contribution is -2.44. The van der Waals surface area contributed by atoms with Gasteiger partial charge in [-0.25, -0.2) is 0 Å². The normalized spacial score (nSPS) is 16.1. The Kier molecular flexibility index (Phi) is 5.66. The minimum atomic E-state index is -1.96. The highest BCUT2D eigenvalue weighted by Crippen LogP contribution is 2.40. The summed E-state index contributed by atoms with van der Waals surface area (Å²) in [5, 5.41) is 11.3. The van der Waals surface area contributed by atoms with Crippen molar-refractivity contribution in [2.24, 2.45) is 0 Å². The molecule has 1 heterocycles. The number of nitrogens with zero attached hydrogens (tertiary/aromatic N) is 1. The summed E-state index contributed by atoms with van der Waals surface area (Å²) < 4.78 is 6.18. The van der Waals surface area contributed by atoms with E-state index in [9.17, 15) is 5.11 Å². The van der Waals surface area contributed by atoms with Crippen LogP contribution in [0.2, 0.25) is 28.2 Å². The average Bonchev–Trinajstić information content (AvgIpc) is 2.26. The molecule has 0 fully saturated rings. The minimum Gasteiger partial charge on any atom is -0.411 e. The van der Waals surface area contributed by atoms with Crippen molar-refractivity contribution < 1.29 is 9.53 Å². The maximum Gasteiger partial charge on any atom is 0.192 e. The van der Waals surface area contributed by atoms with E-state index in [1.54, 1.807) is 0 Å². The standard InChI is InChI=1S/C14H23Cl2NO2Si/c1-9(19-20(5,6)14(2,3)4)13(18)12-10(15)7-17-8-11(12)16/h7-9,13,18H,1-6H3/t9-,13+/m1/s1. The molecule has 2 atom stereocenters. The second-order valence-electron chi connectivity index (χ2n) is 6.54.